The van der Waals surface area contributed by atoms with Crippen molar-refractivity contribution in [2.75, 3.05) is 6.54 Å². The Balaban J connectivity index is 2.22. The van der Waals surface area contributed by atoms with Gasteiger partial charge < -0.3 is 0 Å². The Labute approximate surface area is 88.9 Å². The zero-order valence-electron chi connectivity index (χ0n) is 10.4. The van der Waals surface area contributed by atoms with Crippen molar-refractivity contribution in [1.29, 1.82) is 0 Å². The lowest BCUT2D eigenvalue weighted by Gasteiger charge is -2.41. The van der Waals surface area contributed by atoms with Crippen LogP contribution in [0.3, 0.4) is 0 Å². The summed E-state index contributed by atoms with van der Waals surface area (Å²) in [5, 5.41) is 0. The van der Waals surface area contributed by atoms with Crippen LogP contribution >= 0.6 is 0 Å². The van der Waals surface area contributed by atoms with Crippen LogP contribution < -0.4 is 0 Å². The maximum absolute atomic E-state index is 2.74. The van der Waals surface area contributed by atoms with Crippen LogP contribution in [0.1, 0.15) is 53.9 Å². The van der Waals surface area contributed by atoms with E-state index in [9.17, 15) is 0 Å². The molecule has 1 saturated heterocycles. The van der Waals surface area contributed by atoms with E-state index in [0.717, 1.165) is 17.5 Å². The number of nitrogens with zero attached hydrogens (tertiary/aromatic N) is 1. The number of likely N-dealkylation sites (tertiary alicyclic amines) is 1. The molecule has 0 amide bonds. The molecule has 0 N–H and O–H groups in total. The molecule has 2 rings (SSSR count). The average molecular weight is 195 g/mol. The molecule has 0 bridgehead atoms. The van der Waals surface area contributed by atoms with Crippen LogP contribution in [-0.4, -0.2) is 23.5 Å². The van der Waals surface area contributed by atoms with Gasteiger partial charge in [0.2, 0.25) is 0 Å². The van der Waals surface area contributed by atoms with Crippen molar-refractivity contribution in [1.82, 2.24) is 4.90 Å². The molecule has 1 heteroatoms. The van der Waals surface area contributed by atoms with E-state index in [2.05, 4.69) is 39.5 Å². The first-order chi connectivity index (χ1) is 6.37. The molecule has 1 atom stereocenters. The second-order valence-electron chi connectivity index (χ2n) is 6.71. The van der Waals surface area contributed by atoms with Crippen molar-refractivity contribution < 1.29 is 0 Å². The Morgan fingerprint density at radius 2 is 1.71 bits per heavy atom. The molecule has 1 heterocycles. The highest BCUT2D eigenvalue weighted by molar-refractivity contribution is 5.11. The van der Waals surface area contributed by atoms with Gasteiger partial charge in [0, 0.05) is 12.1 Å². The van der Waals surface area contributed by atoms with Crippen LogP contribution in [0, 0.1) is 10.8 Å². The molecule has 1 unspecified atom stereocenters. The minimum absolute atomic E-state index is 0.456. The van der Waals surface area contributed by atoms with E-state index in [-0.39, 0.29) is 0 Å². The van der Waals surface area contributed by atoms with Crippen molar-refractivity contribution in [2.45, 2.75) is 66.0 Å². The first kappa shape index (κ1) is 10.5. The fourth-order valence-electron chi connectivity index (χ4n) is 3.63. The fraction of sp³-hybridized carbons (Fsp3) is 1.00. The van der Waals surface area contributed by atoms with Crippen LogP contribution in [0.4, 0.5) is 0 Å². The zero-order valence-corrected chi connectivity index (χ0v) is 10.4. The molecule has 1 aliphatic heterocycles. The molecule has 0 radical (unpaired) electrons. The van der Waals surface area contributed by atoms with Crippen LogP contribution in [-0.2, 0) is 0 Å². The lowest BCUT2D eigenvalue weighted by atomic mass is 9.77. The number of hydrogen-bond donors (Lipinski definition) is 0. The van der Waals surface area contributed by atoms with Crippen molar-refractivity contribution in [2.24, 2.45) is 10.8 Å². The Bertz CT molecular complexity index is 220. The van der Waals surface area contributed by atoms with E-state index in [0.29, 0.717) is 5.41 Å². The third-order valence-electron chi connectivity index (χ3n) is 4.16. The lowest BCUT2D eigenvalue weighted by Crippen LogP contribution is -2.46. The highest BCUT2D eigenvalue weighted by Crippen LogP contribution is 2.61. The third-order valence-corrected chi connectivity index (χ3v) is 4.16. The molecule has 1 spiro atoms. The van der Waals surface area contributed by atoms with Gasteiger partial charge in [-0.25, -0.2) is 0 Å². The number of hydrogen-bond acceptors (Lipinski definition) is 1. The minimum Gasteiger partial charge on any atom is -0.297 e. The smallest absolute Gasteiger partial charge is 0.0203 e. The topological polar surface area (TPSA) is 3.24 Å². The van der Waals surface area contributed by atoms with Crippen molar-refractivity contribution in [3.63, 3.8) is 0 Å². The Morgan fingerprint density at radius 3 is 2.07 bits per heavy atom. The molecule has 2 fully saturated rings. The third kappa shape index (κ3) is 1.50. The minimum atomic E-state index is 0.456. The van der Waals surface area contributed by atoms with Gasteiger partial charge in [-0.3, -0.25) is 4.90 Å². The molecule has 0 aromatic heterocycles. The second kappa shape index (κ2) is 2.98. The summed E-state index contributed by atoms with van der Waals surface area (Å²) in [6.07, 6.45) is 4.42. The predicted octanol–water partition coefficient (Wildman–Crippen LogP) is 3.30. The summed E-state index contributed by atoms with van der Waals surface area (Å²) in [6, 6.07) is 1.55. The molecule has 0 aromatic rings. The Morgan fingerprint density at radius 1 is 1.14 bits per heavy atom. The van der Waals surface area contributed by atoms with Gasteiger partial charge in [-0.15, -0.1) is 0 Å². The molecule has 0 aromatic carbocycles. The average Bonchev–Trinajstić information content (AvgIpc) is 2.59. The van der Waals surface area contributed by atoms with Gasteiger partial charge in [0.05, 0.1) is 0 Å². The first-order valence-corrected chi connectivity index (χ1v) is 6.13. The summed E-state index contributed by atoms with van der Waals surface area (Å²) in [5.41, 5.74) is 1.18. The Hall–Kier alpha value is -0.0400. The summed E-state index contributed by atoms with van der Waals surface area (Å²) in [5.74, 6) is 0. The monoisotopic (exact) mass is 195 g/mol. The molecule has 1 saturated carbocycles. The van der Waals surface area contributed by atoms with Gasteiger partial charge in [0.25, 0.3) is 0 Å². The van der Waals surface area contributed by atoms with Gasteiger partial charge >= 0.3 is 0 Å². The molecular formula is C13H25N. The van der Waals surface area contributed by atoms with Gasteiger partial charge in [-0.1, -0.05) is 20.8 Å². The largest absolute Gasteiger partial charge is 0.297 e. The van der Waals surface area contributed by atoms with E-state index in [1.807, 2.05) is 0 Å². The highest BCUT2D eigenvalue weighted by Gasteiger charge is 2.59. The molecular weight excluding hydrogens is 170 g/mol. The second-order valence-corrected chi connectivity index (χ2v) is 6.71. The Kier molecular flexibility index (Phi) is 2.23. The SMILES string of the molecule is CC(C)N1CCC2(CC2)C1C(C)(C)C. The summed E-state index contributed by atoms with van der Waals surface area (Å²) in [6.45, 7) is 13.3. The van der Waals surface area contributed by atoms with Crippen LogP contribution in [0.25, 0.3) is 0 Å². The van der Waals surface area contributed by atoms with Gasteiger partial charge in [0.1, 0.15) is 0 Å². The summed E-state index contributed by atoms with van der Waals surface area (Å²) < 4.78 is 0. The highest BCUT2D eigenvalue weighted by atomic mass is 15.2. The zero-order chi connectivity index (χ0) is 10.6. The lowest BCUT2D eigenvalue weighted by molar-refractivity contribution is 0.0778. The van der Waals surface area contributed by atoms with Crippen LogP contribution in [0.5, 0.6) is 0 Å². The van der Waals surface area contributed by atoms with E-state index in [1.54, 1.807) is 0 Å². The molecule has 1 nitrogen and oxygen atoms in total. The van der Waals surface area contributed by atoms with E-state index >= 15 is 0 Å². The van der Waals surface area contributed by atoms with Gasteiger partial charge in [-0.2, -0.15) is 0 Å². The van der Waals surface area contributed by atoms with E-state index < -0.39 is 0 Å². The predicted molar refractivity (Wildman–Crippen MR) is 61.4 cm³/mol. The maximum Gasteiger partial charge on any atom is 0.0203 e. The molecule has 2 aliphatic rings. The van der Waals surface area contributed by atoms with E-state index in [4.69, 9.17) is 0 Å². The molecule has 14 heavy (non-hydrogen) atoms. The van der Waals surface area contributed by atoms with Crippen LogP contribution in [0.15, 0.2) is 0 Å². The van der Waals surface area contributed by atoms with Gasteiger partial charge in [0.15, 0.2) is 0 Å². The number of rotatable bonds is 1. The van der Waals surface area contributed by atoms with Crippen molar-refractivity contribution >= 4 is 0 Å². The van der Waals surface area contributed by atoms with Crippen LogP contribution in [0.2, 0.25) is 0 Å². The molecule has 1 aliphatic carbocycles. The van der Waals surface area contributed by atoms with E-state index in [1.165, 1.54) is 25.8 Å². The fourth-order valence-corrected chi connectivity index (χ4v) is 3.63. The normalized spacial score (nSPS) is 31.7. The van der Waals surface area contributed by atoms with Crippen molar-refractivity contribution in [3.05, 3.63) is 0 Å². The summed E-state index contributed by atoms with van der Waals surface area (Å²) in [7, 11) is 0. The van der Waals surface area contributed by atoms with Gasteiger partial charge in [-0.05, 0) is 50.5 Å². The summed E-state index contributed by atoms with van der Waals surface area (Å²) >= 11 is 0. The van der Waals surface area contributed by atoms with Crippen molar-refractivity contribution in [3.8, 4) is 0 Å². The summed E-state index contributed by atoms with van der Waals surface area (Å²) in [4.78, 5) is 2.74. The quantitative estimate of drug-likeness (QED) is 0.620. The standard InChI is InChI=1S/C13H25N/c1-10(2)14-9-8-13(6-7-13)11(14)12(3,4)5/h10-11H,6-9H2,1-5H3. The molecule has 82 valence electrons. The maximum atomic E-state index is 2.74. The first-order valence-electron chi connectivity index (χ1n) is 6.13.